The number of rotatable bonds is 6. The fourth-order valence-corrected chi connectivity index (χ4v) is 10.7. The van der Waals surface area contributed by atoms with E-state index in [1.165, 1.54) is 70.4 Å². The van der Waals surface area contributed by atoms with Gasteiger partial charge in [-0.1, -0.05) is 146 Å². The lowest BCUT2D eigenvalue weighted by Crippen LogP contribution is -2.11. The maximum absolute atomic E-state index is 5.56. The average Bonchev–Trinajstić information content (AvgIpc) is 4.08. The second kappa shape index (κ2) is 12.6. The predicted molar refractivity (Wildman–Crippen MR) is 260 cm³/mol. The van der Waals surface area contributed by atoms with Gasteiger partial charge in [0.25, 0.3) is 0 Å². The van der Waals surface area contributed by atoms with Crippen molar-refractivity contribution in [2.24, 2.45) is 0 Å². The lowest BCUT2D eigenvalue weighted by molar-refractivity contribution is 1.23. The highest BCUT2D eigenvalue weighted by Gasteiger charge is 2.29. The van der Waals surface area contributed by atoms with Crippen LogP contribution in [0, 0.1) is 0 Å². The molecule has 0 spiro atoms. The summed E-state index contributed by atoms with van der Waals surface area (Å²) in [5.74, 6) is 0. The van der Waals surface area contributed by atoms with Crippen molar-refractivity contribution in [3.8, 4) is 0 Å². The molecule has 288 valence electrons. The molecule has 0 atom stereocenters. The first-order chi connectivity index (χ1) is 30.8. The van der Waals surface area contributed by atoms with Crippen molar-refractivity contribution in [3.63, 3.8) is 0 Å². The van der Waals surface area contributed by atoms with Crippen molar-refractivity contribution in [1.29, 1.82) is 0 Å². The van der Waals surface area contributed by atoms with Crippen LogP contribution in [0.15, 0.2) is 212 Å². The summed E-state index contributed by atoms with van der Waals surface area (Å²) >= 11 is 0. The van der Waals surface area contributed by atoms with Gasteiger partial charge in [0.1, 0.15) is 5.65 Å². The third-order valence-electron chi connectivity index (χ3n) is 13.1. The van der Waals surface area contributed by atoms with Gasteiger partial charge in [0.15, 0.2) is 0 Å². The second-order valence-corrected chi connectivity index (χ2v) is 16.3. The summed E-state index contributed by atoms with van der Waals surface area (Å²) in [6.45, 7) is 0. The van der Waals surface area contributed by atoms with Crippen LogP contribution in [0.5, 0.6) is 0 Å². The Balaban J connectivity index is 1.15. The molecule has 0 unspecified atom stereocenters. The zero-order valence-corrected chi connectivity index (χ0v) is 33.4. The monoisotopic (exact) mass is 789 g/mol. The maximum Gasteiger partial charge on any atom is 0.146 e. The number of anilines is 6. The molecular formula is C57H35N5. The van der Waals surface area contributed by atoms with Crippen LogP contribution in [0.1, 0.15) is 0 Å². The number of benzene rings is 9. The van der Waals surface area contributed by atoms with Crippen LogP contribution in [0.3, 0.4) is 0 Å². The van der Waals surface area contributed by atoms with Crippen molar-refractivity contribution in [2.75, 3.05) is 9.80 Å². The minimum atomic E-state index is 0.964. The van der Waals surface area contributed by atoms with E-state index in [2.05, 4.69) is 231 Å². The SMILES string of the molecule is c1ccc(N(c2ccccc2)c2cc3ccccc3c3c4cccc5c6c7c8cccc9c%10cccc(N(c%11ccccc%11)c%11ccccc%11)c%10n(c7ncc6n(c23)c54)c98)cc1. The van der Waals surface area contributed by atoms with Gasteiger partial charge >= 0.3 is 0 Å². The average molecular weight is 790 g/mol. The summed E-state index contributed by atoms with van der Waals surface area (Å²) < 4.78 is 4.97. The summed E-state index contributed by atoms with van der Waals surface area (Å²) in [6.07, 6.45) is 2.14. The van der Waals surface area contributed by atoms with Crippen LogP contribution in [0.25, 0.3) is 87.1 Å². The molecule has 0 aliphatic heterocycles. The van der Waals surface area contributed by atoms with Gasteiger partial charge in [-0.3, -0.25) is 4.40 Å². The maximum atomic E-state index is 5.56. The van der Waals surface area contributed by atoms with Crippen LogP contribution in [0.2, 0.25) is 0 Å². The molecule has 5 nitrogen and oxygen atoms in total. The van der Waals surface area contributed by atoms with Crippen molar-refractivity contribution in [1.82, 2.24) is 13.8 Å². The molecular weight excluding hydrogens is 755 g/mol. The van der Waals surface area contributed by atoms with E-state index in [0.29, 0.717) is 0 Å². The Labute approximate surface area is 355 Å². The smallest absolute Gasteiger partial charge is 0.146 e. The molecule has 5 heteroatoms. The molecule has 62 heavy (non-hydrogen) atoms. The molecule has 5 heterocycles. The third kappa shape index (κ3) is 4.38. The van der Waals surface area contributed by atoms with E-state index in [4.69, 9.17) is 4.98 Å². The van der Waals surface area contributed by atoms with E-state index < -0.39 is 0 Å². The second-order valence-electron chi connectivity index (χ2n) is 16.3. The topological polar surface area (TPSA) is 28.2 Å². The number of pyridine rings is 1. The van der Waals surface area contributed by atoms with Gasteiger partial charge < -0.3 is 14.2 Å². The zero-order chi connectivity index (χ0) is 40.5. The Bertz CT molecular complexity index is 3950. The van der Waals surface area contributed by atoms with Crippen molar-refractivity contribution < 1.29 is 0 Å². The molecule has 14 rings (SSSR count). The Morgan fingerprint density at radius 1 is 0.323 bits per heavy atom. The van der Waals surface area contributed by atoms with Crippen molar-refractivity contribution in [2.45, 2.75) is 0 Å². The van der Waals surface area contributed by atoms with E-state index >= 15 is 0 Å². The van der Waals surface area contributed by atoms with Crippen molar-refractivity contribution >= 4 is 121 Å². The Morgan fingerprint density at radius 3 is 1.39 bits per heavy atom. The van der Waals surface area contributed by atoms with Gasteiger partial charge in [0.2, 0.25) is 0 Å². The lowest BCUT2D eigenvalue weighted by Gasteiger charge is -2.27. The summed E-state index contributed by atoms with van der Waals surface area (Å²) in [4.78, 5) is 10.4. The van der Waals surface area contributed by atoms with Gasteiger partial charge in [0, 0.05) is 65.8 Å². The van der Waals surface area contributed by atoms with Gasteiger partial charge in [-0.25, -0.2) is 4.98 Å². The van der Waals surface area contributed by atoms with Crippen LogP contribution in [-0.4, -0.2) is 13.8 Å². The van der Waals surface area contributed by atoms with E-state index in [0.717, 1.165) is 50.8 Å². The molecule has 0 fully saturated rings. The predicted octanol–water partition coefficient (Wildman–Crippen LogP) is 15.5. The van der Waals surface area contributed by atoms with Gasteiger partial charge in [0.05, 0.1) is 45.2 Å². The number of aromatic nitrogens is 3. The van der Waals surface area contributed by atoms with E-state index in [9.17, 15) is 0 Å². The first kappa shape index (κ1) is 33.4. The van der Waals surface area contributed by atoms with Gasteiger partial charge in [-0.15, -0.1) is 0 Å². The number of hydrogen-bond donors (Lipinski definition) is 0. The van der Waals surface area contributed by atoms with Gasteiger partial charge in [-0.2, -0.15) is 0 Å². The minimum absolute atomic E-state index is 0.964. The van der Waals surface area contributed by atoms with E-state index in [1.54, 1.807) is 0 Å². The van der Waals surface area contributed by atoms with Crippen molar-refractivity contribution in [3.05, 3.63) is 212 Å². The Kier molecular flexibility index (Phi) is 6.77. The molecule has 9 aromatic carbocycles. The normalized spacial score (nSPS) is 12.2. The first-order valence-electron chi connectivity index (χ1n) is 21.2. The number of fused-ring (bicyclic) bond motifs is 15. The molecule has 0 amide bonds. The van der Waals surface area contributed by atoms with E-state index in [1.807, 2.05) is 0 Å². The molecule has 0 aliphatic carbocycles. The molecule has 0 aliphatic rings. The highest BCUT2D eigenvalue weighted by atomic mass is 15.2. The van der Waals surface area contributed by atoms with Gasteiger partial charge in [-0.05, 0) is 71.4 Å². The zero-order valence-electron chi connectivity index (χ0n) is 33.4. The standard InChI is InChI=1S/C57H35N5/c1-5-19-37(20-6-1)59(38-21-7-2-8-22-38)47-33-17-29-43-42-28-15-32-46-52-51-45-31-16-30-44-50-41-27-14-13-18-36(41)34-48(60(39-23-9-3-10-24-39)40-25-11-4-12-26-40)56(50)61(54(44)45)49(51)35-58-57(52)62(53(42)46)55(43)47/h1-35H. The van der Waals surface area contributed by atoms with E-state index in [-0.39, 0.29) is 0 Å². The summed E-state index contributed by atoms with van der Waals surface area (Å²) in [5.41, 5.74) is 13.4. The molecule has 0 saturated heterocycles. The highest BCUT2D eigenvalue weighted by molar-refractivity contribution is 6.37. The Hall–Kier alpha value is -8.41. The number of para-hydroxylation sites is 7. The minimum Gasteiger partial charge on any atom is -0.308 e. The molecule has 0 radical (unpaired) electrons. The van der Waals surface area contributed by atoms with Crippen LogP contribution in [0.4, 0.5) is 34.1 Å². The summed E-state index contributed by atoms with van der Waals surface area (Å²) in [6, 6.07) is 74.5. The molecule has 0 bridgehead atoms. The first-order valence-corrected chi connectivity index (χ1v) is 21.2. The summed E-state index contributed by atoms with van der Waals surface area (Å²) in [5, 5.41) is 12.2. The van der Waals surface area contributed by atoms with Crippen LogP contribution in [-0.2, 0) is 0 Å². The largest absolute Gasteiger partial charge is 0.308 e. The Morgan fingerprint density at radius 2 is 0.774 bits per heavy atom. The lowest BCUT2D eigenvalue weighted by atomic mass is 9.99. The highest BCUT2D eigenvalue weighted by Crippen LogP contribution is 2.51. The number of nitrogens with zero attached hydrogens (tertiary/aromatic N) is 5. The molecule has 0 N–H and O–H groups in total. The summed E-state index contributed by atoms with van der Waals surface area (Å²) in [7, 11) is 0. The van der Waals surface area contributed by atoms with Crippen LogP contribution < -0.4 is 9.80 Å². The molecule has 0 saturated carbocycles. The third-order valence-corrected chi connectivity index (χ3v) is 13.1. The number of hydrogen-bond acceptors (Lipinski definition) is 3. The molecule has 5 aromatic heterocycles. The molecule has 14 aromatic rings. The fourth-order valence-electron chi connectivity index (χ4n) is 10.7. The fraction of sp³-hybridized carbons (Fsp3) is 0. The quantitative estimate of drug-likeness (QED) is 0.168. The van der Waals surface area contributed by atoms with Crippen LogP contribution >= 0.6 is 0 Å².